The largest absolute Gasteiger partial charge is 0.378 e. The van der Waals surface area contributed by atoms with Crippen LogP contribution < -0.4 is 11.3 Å². The van der Waals surface area contributed by atoms with Crippen LogP contribution in [0.25, 0.3) is 0 Å². The molecule has 2 saturated heterocycles. The number of hydrogen-bond acceptors (Lipinski definition) is 5. The summed E-state index contributed by atoms with van der Waals surface area (Å²) in [6, 6.07) is 12.9. The topological polar surface area (TPSA) is 70.8 Å². The highest BCUT2D eigenvalue weighted by Gasteiger charge is 2.34. The Morgan fingerprint density at radius 1 is 1.21 bits per heavy atom. The molecule has 0 saturated carbocycles. The minimum atomic E-state index is -0.508. The van der Waals surface area contributed by atoms with Crippen LogP contribution in [-0.4, -0.2) is 54.6 Å². The summed E-state index contributed by atoms with van der Waals surface area (Å²) < 4.78 is 20.0. The fraction of sp³-hybridized carbons (Fsp3) is 0.381. The molecule has 0 radical (unpaired) electrons. The standard InChI is InChI=1S/C21H24ClFN4O2/c22-17-5-3-14(4-6-17)20-11-26(18-12-29-13-18)7-8-27(20)10-16-2-1-15(9-19(16)23)21(28)25-24/h1-6,9,18,20H,7-8,10-13,24H2,(H,25,28). The average molecular weight is 419 g/mol. The molecule has 29 heavy (non-hydrogen) atoms. The van der Waals surface area contributed by atoms with Gasteiger partial charge in [0.25, 0.3) is 5.91 Å². The van der Waals surface area contributed by atoms with E-state index in [4.69, 9.17) is 22.2 Å². The third-order valence-electron chi connectivity index (χ3n) is 5.73. The summed E-state index contributed by atoms with van der Waals surface area (Å²) in [6.45, 7) is 4.57. The van der Waals surface area contributed by atoms with Gasteiger partial charge < -0.3 is 4.74 Å². The molecule has 1 unspecified atom stereocenters. The fourth-order valence-corrected chi connectivity index (χ4v) is 4.04. The van der Waals surface area contributed by atoms with Crippen LogP contribution >= 0.6 is 11.6 Å². The second kappa shape index (κ2) is 8.77. The number of nitrogens with two attached hydrogens (primary N) is 1. The number of amides is 1. The van der Waals surface area contributed by atoms with Gasteiger partial charge in [0.2, 0.25) is 0 Å². The van der Waals surface area contributed by atoms with Gasteiger partial charge >= 0.3 is 0 Å². The van der Waals surface area contributed by atoms with E-state index in [1.807, 2.05) is 29.7 Å². The summed E-state index contributed by atoms with van der Waals surface area (Å²) in [4.78, 5) is 16.4. The zero-order chi connectivity index (χ0) is 20.4. The molecule has 0 bridgehead atoms. The van der Waals surface area contributed by atoms with Crippen LogP contribution in [0.4, 0.5) is 4.39 Å². The summed E-state index contributed by atoms with van der Waals surface area (Å²) in [6.07, 6.45) is 0. The van der Waals surface area contributed by atoms with Crippen molar-refractivity contribution in [1.29, 1.82) is 0 Å². The number of ether oxygens (including phenoxy) is 1. The normalized spacial score (nSPS) is 21.0. The molecule has 4 rings (SSSR count). The summed E-state index contributed by atoms with van der Waals surface area (Å²) >= 11 is 6.07. The lowest BCUT2D eigenvalue weighted by Gasteiger charge is -2.47. The van der Waals surface area contributed by atoms with E-state index in [1.165, 1.54) is 6.07 Å². The number of carbonyl (C=O) groups is 1. The van der Waals surface area contributed by atoms with Crippen molar-refractivity contribution in [3.8, 4) is 0 Å². The Bertz CT molecular complexity index is 875. The number of nitrogens with zero attached hydrogens (tertiary/aromatic N) is 2. The lowest BCUT2D eigenvalue weighted by atomic mass is 9.99. The molecule has 6 nitrogen and oxygen atoms in total. The summed E-state index contributed by atoms with van der Waals surface area (Å²) in [5.41, 5.74) is 3.94. The van der Waals surface area contributed by atoms with Gasteiger partial charge in [0.05, 0.1) is 19.3 Å². The first-order chi connectivity index (χ1) is 14.0. The molecule has 2 fully saturated rings. The van der Waals surface area contributed by atoms with Crippen LogP contribution in [0.5, 0.6) is 0 Å². The van der Waals surface area contributed by atoms with Crippen LogP contribution in [0.15, 0.2) is 42.5 Å². The Hall–Kier alpha value is -2.03. The van der Waals surface area contributed by atoms with Crippen LogP contribution in [0.3, 0.4) is 0 Å². The number of halogens is 2. The van der Waals surface area contributed by atoms with E-state index in [0.29, 0.717) is 23.2 Å². The van der Waals surface area contributed by atoms with E-state index >= 15 is 0 Å². The summed E-state index contributed by atoms with van der Waals surface area (Å²) in [5.74, 6) is 4.22. The number of rotatable bonds is 5. The minimum Gasteiger partial charge on any atom is -0.378 e. The first-order valence-corrected chi connectivity index (χ1v) is 10.0. The number of carbonyl (C=O) groups excluding carboxylic acids is 1. The molecule has 1 atom stereocenters. The maximum absolute atomic E-state index is 14.7. The minimum absolute atomic E-state index is 0.119. The van der Waals surface area contributed by atoms with Crippen molar-refractivity contribution in [2.75, 3.05) is 32.8 Å². The van der Waals surface area contributed by atoms with Crippen molar-refractivity contribution in [3.05, 3.63) is 70.0 Å². The molecule has 3 N–H and O–H groups in total. The van der Waals surface area contributed by atoms with E-state index in [-0.39, 0.29) is 11.6 Å². The molecule has 0 spiro atoms. The van der Waals surface area contributed by atoms with Crippen molar-refractivity contribution in [1.82, 2.24) is 15.2 Å². The quantitative estimate of drug-likeness (QED) is 0.443. The van der Waals surface area contributed by atoms with Crippen LogP contribution in [0.1, 0.15) is 27.5 Å². The molecule has 0 aliphatic carbocycles. The van der Waals surface area contributed by atoms with Gasteiger partial charge in [-0.3, -0.25) is 20.0 Å². The van der Waals surface area contributed by atoms with Gasteiger partial charge in [-0.1, -0.05) is 29.8 Å². The molecule has 154 valence electrons. The molecule has 2 aliphatic rings. The maximum Gasteiger partial charge on any atom is 0.265 e. The van der Waals surface area contributed by atoms with Crippen molar-refractivity contribution in [2.24, 2.45) is 5.84 Å². The van der Waals surface area contributed by atoms with E-state index in [2.05, 4.69) is 9.80 Å². The molecule has 2 aliphatic heterocycles. The lowest BCUT2D eigenvalue weighted by Crippen LogP contribution is -2.57. The molecular formula is C21H24ClFN4O2. The number of hydrogen-bond donors (Lipinski definition) is 2. The molecule has 1 amide bonds. The van der Waals surface area contributed by atoms with Crippen molar-refractivity contribution < 1.29 is 13.9 Å². The van der Waals surface area contributed by atoms with Crippen LogP contribution in [0.2, 0.25) is 5.02 Å². The van der Waals surface area contributed by atoms with E-state index in [9.17, 15) is 9.18 Å². The second-order valence-electron chi connectivity index (χ2n) is 7.50. The van der Waals surface area contributed by atoms with Gasteiger partial charge in [-0.2, -0.15) is 0 Å². The molecule has 8 heteroatoms. The molecule has 0 aromatic heterocycles. The highest BCUT2D eigenvalue weighted by atomic mass is 35.5. The van der Waals surface area contributed by atoms with Gasteiger partial charge in [0, 0.05) is 48.4 Å². The SMILES string of the molecule is NNC(=O)c1ccc(CN2CCN(C3COC3)CC2c2ccc(Cl)cc2)c(F)c1. The van der Waals surface area contributed by atoms with E-state index in [1.54, 1.807) is 12.1 Å². The smallest absolute Gasteiger partial charge is 0.265 e. The van der Waals surface area contributed by atoms with Gasteiger partial charge in [0.1, 0.15) is 5.82 Å². The molecular weight excluding hydrogens is 395 g/mol. The highest BCUT2D eigenvalue weighted by Crippen LogP contribution is 2.30. The zero-order valence-corrected chi connectivity index (χ0v) is 16.7. The Kier molecular flexibility index (Phi) is 6.12. The Labute approximate surface area is 174 Å². The van der Waals surface area contributed by atoms with E-state index in [0.717, 1.165) is 38.4 Å². The zero-order valence-electron chi connectivity index (χ0n) is 16.0. The monoisotopic (exact) mass is 418 g/mol. The highest BCUT2D eigenvalue weighted by molar-refractivity contribution is 6.30. The van der Waals surface area contributed by atoms with Crippen LogP contribution in [-0.2, 0) is 11.3 Å². The summed E-state index contributed by atoms with van der Waals surface area (Å²) in [5, 5.41) is 0.695. The Balaban J connectivity index is 1.55. The fourth-order valence-electron chi connectivity index (χ4n) is 3.92. The van der Waals surface area contributed by atoms with Crippen molar-refractivity contribution >= 4 is 17.5 Å². The van der Waals surface area contributed by atoms with Gasteiger partial charge in [-0.25, -0.2) is 10.2 Å². The predicted molar refractivity (Wildman–Crippen MR) is 109 cm³/mol. The lowest BCUT2D eigenvalue weighted by molar-refractivity contribution is -0.0878. The molecule has 2 heterocycles. The van der Waals surface area contributed by atoms with Crippen LogP contribution in [0, 0.1) is 5.82 Å². The summed E-state index contributed by atoms with van der Waals surface area (Å²) in [7, 11) is 0. The number of nitrogens with one attached hydrogen (secondary N) is 1. The number of benzene rings is 2. The van der Waals surface area contributed by atoms with Gasteiger partial charge in [-0.15, -0.1) is 0 Å². The van der Waals surface area contributed by atoms with E-state index < -0.39 is 11.7 Å². The molecule has 2 aromatic carbocycles. The predicted octanol–water partition coefficient (Wildman–Crippen LogP) is 2.34. The third kappa shape index (κ3) is 4.44. The van der Waals surface area contributed by atoms with Crippen molar-refractivity contribution in [3.63, 3.8) is 0 Å². The van der Waals surface area contributed by atoms with Gasteiger partial charge in [0.15, 0.2) is 0 Å². The van der Waals surface area contributed by atoms with Crippen molar-refractivity contribution in [2.45, 2.75) is 18.6 Å². The number of piperazine rings is 1. The molecule has 2 aromatic rings. The Morgan fingerprint density at radius 2 is 1.97 bits per heavy atom. The number of nitrogen functional groups attached to an aromatic ring is 1. The first-order valence-electron chi connectivity index (χ1n) is 9.66. The average Bonchev–Trinajstić information content (AvgIpc) is 2.69. The van der Waals surface area contributed by atoms with Gasteiger partial charge in [-0.05, 0) is 29.8 Å². The second-order valence-corrected chi connectivity index (χ2v) is 7.94. The third-order valence-corrected chi connectivity index (χ3v) is 5.99. The number of hydrazine groups is 1. The Morgan fingerprint density at radius 3 is 2.59 bits per heavy atom. The first kappa shape index (κ1) is 20.3. The maximum atomic E-state index is 14.7.